The molecule has 2 unspecified atom stereocenters. The van der Waals surface area contributed by atoms with Crippen molar-refractivity contribution in [3.8, 4) is 0 Å². The molecule has 0 aromatic carbocycles. The molecular formula is C21H25N7O2S. The Kier molecular flexibility index (Phi) is 4.58. The molecule has 0 radical (unpaired) electrons. The molecule has 10 heteroatoms. The van der Waals surface area contributed by atoms with Gasteiger partial charge in [-0.25, -0.2) is 14.5 Å². The minimum atomic E-state index is -0.441. The molecule has 4 heterocycles. The smallest absolute Gasteiger partial charge is 0.265 e. The fourth-order valence-corrected chi connectivity index (χ4v) is 5.71. The van der Waals surface area contributed by atoms with Gasteiger partial charge in [-0.3, -0.25) is 14.8 Å². The highest BCUT2D eigenvalue weighted by molar-refractivity contribution is 7.19. The number of nitro groups is 1. The Morgan fingerprint density at radius 2 is 2.19 bits per heavy atom. The van der Waals surface area contributed by atoms with E-state index in [0.29, 0.717) is 23.7 Å². The zero-order chi connectivity index (χ0) is 21.9. The molecule has 0 saturated carbocycles. The lowest BCUT2D eigenvalue weighted by Crippen LogP contribution is -2.26. The van der Waals surface area contributed by atoms with E-state index in [1.807, 2.05) is 6.92 Å². The number of fused-ring (bicyclic) bond motifs is 5. The monoisotopic (exact) mass is 439 g/mol. The van der Waals surface area contributed by atoms with Gasteiger partial charge >= 0.3 is 5.69 Å². The maximum absolute atomic E-state index is 10.9. The lowest BCUT2D eigenvalue weighted by Gasteiger charge is -2.33. The Hall–Kier alpha value is -2.88. The first kappa shape index (κ1) is 20.0. The summed E-state index contributed by atoms with van der Waals surface area (Å²) in [7, 11) is 0. The van der Waals surface area contributed by atoms with Crippen molar-refractivity contribution in [1.29, 1.82) is 0 Å². The van der Waals surface area contributed by atoms with Gasteiger partial charge in [0.2, 0.25) is 0 Å². The third-order valence-corrected chi connectivity index (χ3v) is 7.52. The van der Waals surface area contributed by atoms with Crippen molar-refractivity contribution in [3.05, 3.63) is 45.1 Å². The van der Waals surface area contributed by atoms with Crippen molar-refractivity contribution >= 4 is 32.9 Å². The van der Waals surface area contributed by atoms with Crippen LogP contribution in [0.25, 0.3) is 15.9 Å². The average molecular weight is 440 g/mol. The SMILES string of the molecule is CC(Cn1cc([N+](=O)[O-])cn1)c1nc2c3c4c(sc3ncn2n1)CC(C(C)(C)C)CC4. The number of hydrogen-bond acceptors (Lipinski definition) is 7. The van der Waals surface area contributed by atoms with Crippen LogP contribution in [0.15, 0.2) is 18.7 Å². The Labute approximate surface area is 183 Å². The van der Waals surface area contributed by atoms with Crippen LogP contribution in [0.3, 0.4) is 0 Å². The highest BCUT2D eigenvalue weighted by Crippen LogP contribution is 2.43. The van der Waals surface area contributed by atoms with Crippen LogP contribution < -0.4 is 0 Å². The van der Waals surface area contributed by atoms with Crippen molar-refractivity contribution in [2.75, 3.05) is 0 Å². The third-order valence-electron chi connectivity index (χ3n) is 6.36. The molecule has 0 spiro atoms. The normalized spacial score (nSPS) is 17.9. The van der Waals surface area contributed by atoms with Crippen LogP contribution in [0.5, 0.6) is 0 Å². The number of rotatable bonds is 4. The van der Waals surface area contributed by atoms with Gasteiger partial charge in [0, 0.05) is 10.8 Å². The second-order valence-corrected chi connectivity index (χ2v) is 10.6. The first-order chi connectivity index (χ1) is 14.7. The molecule has 4 aromatic rings. The van der Waals surface area contributed by atoms with Gasteiger partial charge in [-0.1, -0.05) is 27.7 Å². The first-order valence-electron chi connectivity index (χ1n) is 10.5. The topological polar surface area (TPSA) is 104 Å². The highest BCUT2D eigenvalue weighted by atomic mass is 32.1. The Morgan fingerprint density at radius 1 is 1.39 bits per heavy atom. The standard InChI is InChI=1S/C21H25N7O2S/c1-12(9-26-10-14(8-23-26)28(29)30)18-24-19-17-15-6-5-13(21(2,3)4)7-16(15)31-20(17)22-11-27(19)25-18/h8,10-13H,5-7,9H2,1-4H3. The zero-order valence-electron chi connectivity index (χ0n) is 18.1. The molecule has 0 bridgehead atoms. The summed E-state index contributed by atoms with van der Waals surface area (Å²) in [6.07, 6.45) is 7.77. The van der Waals surface area contributed by atoms with E-state index in [4.69, 9.17) is 4.98 Å². The summed E-state index contributed by atoms with van der Waals surface area (Å²) in [5.41, 5.74) is 2.52. The van der Waals surface area contributed by atoms with E-state index in [0.717, 1.165) is 28.7 Å². The van der Waals surface area contributed by atoms with Gasteiger partial charge in [-0.2, -0.15) is 5.10 Å². The van der Waals surface area contributed by atoms with E-state index in [-0.39, 0.29) is 11.6 Å². The molecule has 0 saturated heterocycles. The van der Waals surface area contributed by atoms with Crippen LogP contribution in [-0.4, -0.2) is 34.3 Å². The number of aryl methyl sites for hydroxylation is 1. The van der Waals surface area contributed by atoms with Crippen LogP contribution >= 0.6 is 11.3 Å². The van der Waals surface area contributed by atoms with Gasteiger partial charge in [-0.15, -0.1) is 16.4 Å². The second-order valence-electron chi connectivity index (χ2n) is 9.55. The van der Waals surface area contributed by atoms with Crippen molar-refractivity contribution in [2.45, 2.75) is 59.4 Å². The fraction of sp³-hybridized carbons (Fsp3) is 0.524. The van der Waals surface area contributed by atoms with E-state index in [2.05, 4.69) is 36.0 Å². The van der Waals surface area contributed by atoms with Crippen LogP contribution in [0.4, 0.5) is 5.69 Å². The minimum absolute atomic E-state index is 0.0143. The van der Waals surface area contributed by atoms with Gasteiger partial charge in [0.05, 0.1) is 16.9 Å². The van der Waals surface area contributed by atoms with Gasteiger partial charge in [-0.05, 0) is 36.2 Å². The summed E-state index contributed by atoms with van der Waals surface area (Å²) >= 11 is 1.79. The average Bonchev–Trinajstić information content (AvgIpc) is 3.42. The molecule has 0 fully saturated rings. The Balaban J connectivity index is 1.49. The Morgan fingerprint density at radius 3 is 2.90 bits per heavy atom. The lowest BCUT2D eigenvalue weighted by molar-refractivity contribution is -0.385. The predicted octanol–water partition coefficient (Wildman–Crippen LogP) is 4.40. The molecule has 1 aliphatic rings. The zero-order valence-corrected chi connectivity index (χ0v) is 18.9. The van der Waals surface area contributed by atoms with Gasteiger partial charge in [0.15, 0.2) is 11.5 Å². The van der Waals surface area contributed by atoms with Crippen LogP contribution in [0, 0.1) is 21.4 Å². The van der Waals surface area contributed by atoms with Gasteiger partial charge in [0.1, 0.15) is 23.6 Å². The molecule has 4 aromatic heterocycles. The van der Waals surface area contributed by atoms with Crippen LogP contribution in [0.2, 0.25) is 0 Å². The van der Waals surface area contributed by atoms with Gasteiger partial charge < -0.3 is 0 Å². The summed E-state index contributed by atoms with van der Waals surface area (Å²) in [5, 5.41) is 20.8. The third kappa shape index (κ3) is 3.48. The summed E-state index contributed by atoms with van der Waals surface area (Å²) < 4.78 is 3.34. The van der Waals surface area contributed by atoms with Crippen molar-refractivity contribution in [1.82, 2.24) is 29.4 Å². The molecule has 0 aliphatic heterocycles. The number of hydrogen-bond donors (Lipinski definition) is 0. The second kappa shape index (κ2) is 7.08. The van der Waals surface area contributed by atoms with E-state index < -0.39 is 4.92 Å². The molecule has 2 atom stereocenters. The van der Waals surface area contributed by atoms with E-state index in [1.54, 1.807) is 26.9 Å². The highest BCUT2D eigenvalue weighted by Gasteiger charge is 2.32. The van der Waals surface area contributed by atoms with Crippen molar-refractivity contribution in [2.24, 2.45) is 11.3 Å². The minimum Gasteiger partial charge on any atom is -0.265 e. The number of aromatic nitrogens is 6. The van der Waals surface area contributed by atoms with E-state index in [9.17, 15) is 10.1 Å². The maximum atomic E-state index is 10.9. The molecule has 0 amide bonds. The largest absolute Gasteiger partial charge is 0.306 e. The van der Waals surface area contributed by atoms with Crippen molar-refractivity contribution < 1.29 is 4.92 Å². The van der Waals surface area contributed by atoms with Gasteiger partial charge in [0.25, 0.3) is 0 Å². The maximum Gasteiger partial charge on any atom is 0.306 e. The number of thiophene rings is 1. The molecule has 162 valence electrons. The summed E-state index contributed by atoms with van der Waals surface area (Å²) in [6, 6.07) is 0. The molecule has 5 rings (SSSR count). The fourth-order valence-electron chi connectivity index (χ4n) is 4.45. The molecular weight excluding hydrogens is 414 g/mol. The predicted molar refractivity (Wildman–Crippen MR) is 118 cm³/mol. The molecule has 1 aliphatic carbocycles. The molecule has 9 nitrogen and oxygen atoms in total. The number of nitrogens with zero attached hydrogens (tertiary/aromatic N) is 7. The molecule has 31 heavy (non-hydrogen) atoms. The first-order valence-corrected chi connectivity index (χ1v) is 11.3. The van der Waals surface area contributed by atoms with E-state index >= 15 is 0 Å². The summed E-state index contributed by atoms with van der Waals surface area (Å²) in [4.78, 5) is 22.5. The Bertz CT molecular complexity index is 1300. The summed E-state index contributed by atoms with van der Waals surface area (Å²) in [6.45, 7) is 9.45. The quantitative estimate of drug-likeness (QED) is 0.345. The van der Waals surface area contributed by atoms with Crippen LogP contribution in [0.1, 0.15) is 56.3 Å². The van der Waals surface area contributed by atoms with E-state index in [1.165, 1.54) is 29.3 Å². The summed E-state index contributed by atoms with van der Waals surface area (Å²) in [5.74, 6) is 1.32. The van der Waals surface area contributed by atoms with Crippen LogP contribution in [-0.2, 0) is 19.4 Å². The van der Waals surface area contributed by atoms with Crippen molar-refractivity contribution in [3.63, 3.8) is 0 Å². The lowest BCUT2D eigenvalue weighted by atomic mass is 9.72. The molecule has 0 N–H and O–H groups in total.